The number of hydrogen-bond acceptors (Lipinski definition) is 6. The van der Waals surface area contributed by atoms with E-state index in [9.17, 15) is 9.59 Å². The van der Waals surface area contributed by atoms with Gasteiger partial charge in [-0.15, -0.1) is 0 Å². The van der Waals surface area contributed by atoms with E-state index in [1.54, 1.807) is 38.5 Å². The number of ether oxygens (including phenoxy) is 4. The molecule has 0 fully saturated rings. The molecule has 0 saturated carbocycles. The number of hydrogen-bond donors (Lipinski definition) is 0. The lowest BCUT2D eigenvalue weighted by Crippen LogP contribution is -2.44. The van der Waals surface area contributed by atoms with E-state index in [0.717, 1.165) is 5.82 Å². The largest absolute Gasteiger partial charge is 0.382 e. The molecule has 3 rings (SSSR count). The summed E-state index contributed by atoms with van der Waals surface area (Å²) < 4.78 is 25.0. The van der Waals surface area contributed by atoms with Crippen LogP contribution in [0, 0.1) is 6.92 Å². The number of carbonyl (C=O) groups excluding carboxylic acids is 2. The van der Waals surface area contributed by atoms with Crippen molar-refractivity contribution < 1.29 is 33.1 Å². The van der Waals surface area contributed by atoms with Gasteiger partial charge in [-0.3, -0.25) is 9.59 Å². The maximum Gasteiger partial charge on any atom is 0.254 e. The van der Waals surface area contributed by atoms with Crippen LogP contribution in [-0.4, -0.2) is 70.0 Å². The van der Waals surface area contributed by atoms with E-state index in [0.29, 0.717) is 75.2 Å². The molecule has 1 aromatic carbocycles. The third-order valence-electron chi connectivity index (χ3n) is 5.17. The molecule has 2 aromatic rings. The van der Waals surface area contributed by atoms with E-state index < -0.39 is 0 Å². The number of benzene rings is 1. The zero-order chi connectivity index (χ0) is 21.5. The number of methoxy groups -OCH3 is 2. The summed E-state index contributed by atoms with van der Waals surface area (Å²) in [5, 5.41) is 0. The van der Waals surface area contributed by atoms with Crippen molar-refractivity contribution in [1.29, 1.82) is 0 Å². The lowest BCUT2D eigenvalue weighted by atomic mass is 9.90. The highest BCUT2D eigenvalue weighted by Crippen LogP contribution is 2.27. The third-order valence-corrected chi connectivity index (χ3v) is 5.17. The summed E-state index contributed by atoms with van der Waals surface area (Å²) in [7, 11) is 3.24. The first-order valence-corrected chi connectivity index (χ1v) is 10.1. The molecule has 0 spiro atoms. The molecular weight excluding hydrogens is 388 g/mol. The molecule has 0 aliphatic heterocycles. The summed E-state index contributed by atoms with van der Waals surface area (Å²) in [5.41, 5.74) is 1.74. The Morgan fingerprint density at radius 2 is 1.43 bits per heavy atom. The van der Waals surface area contributed by atoms with Gasteiger partial charge in [-0.2, -0.15) is 0 Å². The van der Waals surface area contributed by atoms with Gasteiger partial charge in [-0.05, 0) is 0 Å². The fourth-order valence-electron chi connectivity index (χ4n) is 3.67. The quantitative estimate of drug-likeness (QED) is 0.325. The summed E-state index contributed by atoms with van der Waals surface area (Å²) in [5.74, 6) is 0.555. The van der Waals surface area contributed by atoms with Crippen LogP contribution < -0.4 is 4.57 Å². The van der Waals surface area contributed by atoms with Gasteiger partial charge in [0.2, 0.25) is 23.0 Å². The van der Waals surface area contributed by atoms with Gasteiger partial charge in [0.05, 0.1) is 39.6 Å². The molecule has 162 valence electrons. The number of fused-ring (bicyclic) bond motifs is 2. The van der Waals surface area contributed by atoms with Crippen molar-refractivity contribution in [3.63, 3.8) is 0 Å². The Hall–Kier alpha value is -2.39. The summed E-state index contributed by atoms with van der Waals surface area (Å²) in [4.78, 5) is 26.5. The Bertz CT molecular complexity index is 905. The highest BCUT2D eigenvalue weighted by atomic mass is 16.5. The first kappa shape index (κ1) is 22.3. The minimum Gasteiger partial charge on any atom is -0.382 e. The Labute approximate surface area is 176 Å². The van der Waals surface area contributed by atoms with Crippen molar-refractivity contribution in [1.82, 2.24) is 4.57 Å². The second-order valence-electron chi connectivity index (χ2n) is 6.96. The average molecular weight is 417 g/mol. The standard InChI is InChI=1S/C22H29N2O6/c1-16-23(8-10-27-2)19-20(22(26)18-7-5-4-6-17(18)21(19)25)24(16)9-11-29-14-15-30-13-12-28-3/h4-7H,8-15H2,1-3H3/q+1. The van der Waals surface area contributed by atoms with Crippen molar-refractivity contribution in [3.05, 3.63) is 52.6 Å². The molecule has 1 heterocycles. The number of carbonyl (C=O) groups is 2. The van der Waals surface area contributed by atoms with Crippen LogP contribution in [0.25, 0.3) is 0 Å². The second-order valence-corrected chi connectivity index (χ2v) is 6.96. The first-order valence-electron chi connectivity index (χ1n) is 10.1. The van der Waals surface area contributed by atoms with Crippen molar-refractivity contribution in [3.8, 4) is 0 Å². The van der Waals surface area contributed by atoms with Gasteiger partial charge < -0.3 is 18.9 Å². The Balaban J connectivity index is 1.80. The van der Waals surface area contributed by atoms with Crippen molar-refractivity contribution in [2.24, 2.45) is 0 Å². The monoisotopic (exact) mass is 417 g/mol. The van der Waals surface area contributed by atoms with Gasteiger partial charge in [0.1, 0.15) is 13.1 Å². The minimum atomic E-state index is -0.137. The highest BCUT2D eigenvalue weighted by Gasteiger charge is 2.42. The van der Waals surface area contributed by atoms with Gasteiger partial charge in [-0.25, -0.2) is 9.13 Å². The summed E-state index contributed by atoms with van der Waals surface area (Å²) in [6.45, 7) is 5.72. The second kappa shape index (κ2) is 10.6. The molecule has 0 bridgehead atoms. The highest BCUT2D eigenvalue weighted by molar-refractivity contribution is 6.26. The number of rotatable bonds is 12. The SMILES string of the molecule is COCCOCCOCCn1c2c([n+](CCOC)c1C)C(=O)c1ccccc1C2=O. The average Bonchev–Trinajstić information content (AvgIpc) is 3.04. The van der Waals surface area contributed by atoms with Gasteiger partial charge in [0.25, 0.3) is 5.82 Å². The van der Waals surface area contributed by atoms with Crippen LogP contribution in [0.1, 0.15) is 37.9 Å². The number of imidazole rings is 1. The predicted octanol–water partition coefficient (Wildman–Crippen LogP) is 1.19. The molecule has 8 nitrogen and oxygen atoms in total. The molecule has 0 atom stereocenters. The van der Waals surface area contributed by atoms with Gasteiger partial charge >= 0.3 is 0 Å². The fraction of sp³-hybridized carbons (Fsp3) is 0.500. The summed E-state index contributed by atoms with van der Waals surface area (Å²) >= 11 is 0. The van der Waals surface area contributed by atoms with Crippen molar-refractivity contribution in [2.75, 3.05) is 53.9 Å². The molecule has 0 amide bonds. The van der Waals surface area contributed by atoms with Crippen LogP contribution in [0.4, 0.5) is 0 Å². The molecule has 0 N–H and O–H groups in total. The van der Waals surface area contributed by atoms with Crippen LogP contribution in [-0.2, 0) is 32.0 Å². The van der Waals surface area contributed by atoms with Crippen molar-refractivity contribution >= 4 is 11.6 Å². The lowest BCUT2D eigenvalue weighted by molar-refractivity contribution is -0.705. The fourth-order valence-corrected chi connectivity index (χ4v) is 3.67. The van der Waals surface area contributed by atoms with E-state index in [4.69, 9.17) is 18.9 Å². The predicted molar refractivity (Wildman–Crippen MR) is 108 cm³/mol. The summed E-state index contributed by atoms with van der Waals surface area (Å²) in [6, 6.07) is 6.97. The molecule has 1 aliphatic rings. The van der Waals surface area contributed by atoms with Crippen LogP contribution >= 0.6 is 0 Å². The number of ketones is 2. The van der Waals surface area contributed by atoms with E-state index >= 15 is 0 Å². The molecule has 0 saturated heterocycles. The van der Waals surface area contributed by atoms with Crippen LogP contribution in [0.15, 0.2) is 24.3 Å². The lowest BCUT2D eigenvalue weighted by Gasteiger charge is -2.13. The Morgan fingerprint density at radius 3 is 2.10 bits per heavy atom. The maximum absolute atomic E-state index is 13.3. The smallest absolute Gasteiger partial charge is 0.254 e. The maximum atomic E-state index is 13.3. The minimum absolute atomic E-state index is 0.134. The molecule has 0 radical (unpaired) electrons. The normalized spacial score (nSPS) is 12.9. The van der Waals surface area contributed by atoms with Crippen LogP contribution in [0.3, 0.4) is 0 Å². The molecule has 0 unspecified atom stereocenters. The number of aromatic nitrogens is 2. The first-order chi connectivity index (χ1) is 14.6. The molecule has 30 heavy (non-hydrogen) atoms. The van der Waals surface area contributed by atoms with Gasteiger partial charge in [0, 0.05) is 32.3 Å². The molecule has 1 aliphatic carbocycles. The zero-order valence-corrected chi connectivity index (χ0v) is 17.8. The van der Waals surface area contributed by atoms with Gasteiger partial charge in [-0.1, -0.05) is 24.3 Å². The molecule has 8 heteroatoms. The van der Waals surface area contributed by atoms with E-state index in [1.807, 2.05) is 16.1 Å². The summed E-state index contributed by atoms with van der Waals surface area (Å²) in [6.07, 6.45) is 0. The Kier molecular flexibility index (Phi) is 7.87. The van der Waals surface area contributed by atoms with Crippen molar-refractivity contribution in [2.45, 2.75) is 20.0 Å². The Morgan fingerprint density at radius 1 is 0.833 bits per heavy atom. The third kappa shape index (κ3) is 4.52. The van der Waals surface area contributed by atoms with E-state index in [-0.39, 0.29) is 11.6 Å². The molecular formula is C22H29N2O6+. The zero-order valence-electron chi connectivity index (χ0n) is 17.8. The van der Waals surface area contributed by atoms with Crippen LogP contribution in [0.2, 0.25) is 0 Å². The topological polar surface area (TPSA) is 79.9 Å². The number of nitrogens with zero attached hydrogens (tertiary/aromatic N) is 2. The van der Waals surface area contributed by atoms with E-state index in [2.05, 4.69) is 0 Å². The molecule has 1 aromatic heterocycles. The van der Waals surface area contributed by atoms with Gasteiger partial charge in [0.15, 0.2) is 0 Å². The van der Waals surface area contributed by atoms with E-state index in [1.165, 1.54) is 0 Å². The van der Waals surface area contributed by atoms with Crippen LogP contribution in [0.5, 0.6) is 0 Å².